The summed E-state index contributed by atoms with van der Waals surface area (Å²) in [7, 11) is 0. The zero-order valence-corrected chi connectivity index (χ0v) is 19.8. The van der Waals surface area contributed by atoms with Gasteiger partial charge in [-0.1, -0.05) is 11.8 Å². The number of thioether (sulfide) groups is 1. The topological polar surface area (TPSA) is 141 Å². The van der Waals surface area contributed by atoms with Crippen LogP contribution in [0.2, 0.25) is 0 Å². The van der Waals surface area contributed by atoms with Gasteiger partial charge in [-0.25, -0.2) is 5.01 Å². The first-order valence-electron chi connectivity index (χ1n) is 11.1. The Bertz CT molecular complexity index is 955. The van der Waals surface area contributed by atoms with Crippen molar-refractivity contribution in [2.75, 3.05) is 63.1 Å². The van der Waals surface area contributed by atoms with Gasteiger partial charge >= 0.3 is 0 Å². The molecule has 0 spiro atoms. The molecule has 2 aliphatic heterocycles. The molecule has 0 radical (unpaired) electrons. The number of piperazine rings is 1. The average Bonchev–Trinajstić information content (AvgIpc) is 3.15. The molecule has 12 heteroatoms. The molecular weight excluding hydrogens is 458 g/mol. The molecule has 3 amide bonds. The zero-order valence-electron chi connectivity index (χ0n) is 19.0. The number of β-amino-alcohol motifs (C(OH)–C–C–N with tert-alkyl or cyclic N) is 1. The number of nitriles is 1. The highest BCUT2D eigenvalue weighted by atomic mass is 32.2. The van der Waals surface area contributed by atoms with E-state index in [0.29, 0.717) is 62.9 Å². The first kappa shape index (κ1) is 25.5. The predicted octanol–water partition coefficient (Wildman–Crippen LogP) is 0.00698. The second kappa shape index (κ2) is 12.4. The number of hydrazine groups is 1. The summed E-state index contributed by atoms with van der Waals surface area (Å²) in [5.74, 6) is -0.689. The number of carbonyl (C=O) groups excluding carboxylic acids is 3. The van der Waals surface area contributed by atoms with Crippen molar-refractivity contribution < 1.29 is 19.5 Å². The Labute approximate surface area is 202 Å². The molecule has 2 saturated heterocycles. The largest absolute Gasteiger partial charge is 0.395 e. The van der Waals surface area contributed by atoms with Gasteiger partial charge in [-0.3, -0.25) is 24.7 Å². The number of anilines is 2. The van der Waals surface area contributed by atoms with Crippen molar-refractivity contribution in [2.45, 2.75) is 12.2 Å². The SMILES string of the molecule is CCN1C(=O)C(CNc2ccc(NC=O)cc2)S/C1=C(/C#N)C(=O)NN1CCN(CCO)CC1. The highest BCUT2D eigenvalue weighted by Gasteiger charge is 2.39. The third kappa shape index (κ3) is 6.27. The number of hydrogen-bond acceptors (Lipinski definition) is 9. The Hall–Kier alpha value is -3.11. The summed E-state index contributed by atoms with van der Waals surface area (Å²) in [6, 6.07) is 9.05. The molecule has 0 aromatic heterocycles. The molecule has 4 N–H and O–H groups in total. The van der Waals surface area contributed by atoms with Crippen molar-refractivity contribution >= 4 is 41.4 Å². The minimum atomic E-state index is -0.529. The zero-order chi connectivity index (χ0) is 24.5. The second-order valence-electron chi connectivity index (χ2n) is 7.69. The van der Waals surface area contributed by atoms with Crippen molar-refractivity contribution in [1.82, 2.24) is 20.2 Å². The number of hydrogen-bond donors (Lipinski definition) is 4. The van der Waals surface area contributed by atoms with Gasteiger partial charge in [0.05, 0.1) is 6.61 Å². The molecule has 0 aliphatic carbocycles. The van der Waals surface area contributed by atoms with E-state index in [9.17, 15) is 19.6 Å². The summed E-state index contributed by atoms with van der Waals surface area (Å²) in [6.07, 6.45) is 0.601. The third-order valence-corrected chi connectivity index (χ3v) is 6.86. The molecule has 0 bridgehead atoms. The Kier molecular flexibility index (Phi) is 9.29. The van der Waals surface area contributed by atoms with Crippen LogP contribution >= 0.6 is 11.8 Å². The standard InChI is InChI=1S/C22H29N7O4S/c1-2-29-21(33)19(14-24-16-3-5-17(6-4-16)25-15-31)34-22(29)18(13-23)20(32)26-28-9-7-27(8-10-28)11-12-30/h3-6,15,19,24,30H,2,7-12,14H2,1H3,(H,25,31)(H,26,32)/b22-18-. The van der Waals surface area contributed by atoms with E-state index < -0.39 is 11.2 Å². The lowest BCUT2D eigenvalue weighted by molar-refractivity contribution is -0.127. The molecule has 11 nitrogen and oxygen atoms in total. The fourth-order valence-electron chi connectivity index (χ4n) is 3.73. The van der Waals surface area contributed by atoms with E-state index in [2.05, 4.69) is 21.0 Å². The van der Waals surface area contributed by atoms with Gasteiger partial charge < -0.3 is 20.6 Å². The van der Waals surface area contributed by atoms with E-state index in [1.54, 1.807) is 36.2 Å². The minimum Gasteiger partial charge on any atom is -0.395 e. The molecule has 182 valence electrons. The van der Waals surface area contributed by atoms with Gasteiger partial charge in [0.2, 0.25) is 12.3 Å². The Balaban J connectivity index is 1.64. The lowest BCUT2D eigenvalue weighted by Crippen LogP contribution is -2.54. The number of carbonyl (C=O) groups is 3. The van der Waals surface area contributed by atoms with Crippen molar-refractivity contribution in [3.63, 3.8) is 0 Å². The van der Waals surface area contributed by atoms with Gasteiger partial charge in [0.1, 0.15) is 21.9 Å². The van der Waals surface area contributed by atoms with E-state index in [1.165, 1.54) is 16.7 Å². The minimum absolute atomic E-state index is 0.0789. The fraction of sp³-hybridized carbons (Fsp3) is 0.455. The van der Waals surface area contributed by atoms with E-state index in [0.717, 1.165) is 5.69 Å². The van der Waals surface area contributed by atoms with Crippen molar-refractivity contribution in [3.8, 4) is 6.07 Å². The van der Waals surface area contributed by atoms with Crippen LogP contribution in [0.3, 0.4) is 0 Å². The number of amides is 3. The summed E-state index contributed by atoms with van der Waals surface area (Å²) < 4.78 is 0. The molecule has 1 aromatic rings. The molecule has 34 heavy (non-hydrogen) atoms. The van der Waals surface area contributed by atoms with Gasteiger partial charge in [-0.15, -0.1) is 0 Å². The van der Waals surface area contributed by atoms with E-state index in [1.807, 2.05) is 6.07 Å². The molecule has 1 unspecified atom stereocenters. The quantitative estimate of drug-likeness (QED) is 0.204. The van der Waals surface area contributed by atoms with Crippen LogP contribution in [0, 0.1) is 11.3 Å². The average molecular weight is 488 g/mol. The summed E-state index contributed by atoms with van der Waals surface area (Å²) in [6.45, 7) is 5.72. The van der Waals surface area contributed by atoms with E-state index in [-0.39, 0.29) is 18.1 Å². The Morgan fingerprint density at radius 3 is 2.50 bits per heavy atom. The van der Waals surface area contributed by atoms with Crippen LogP contribution in [0.25, 0.3) is 0 Å². The first-order chi connectivity index (χ1) is 16.5. The monoisotopic (exact) mass is 487 g/mol. The van der Waals surface area contributed by atoms with E-state index in [4.69, 9.17) is 5.11 Å². The van der Waals surface area contributed by atoms with E-state index >= 15 is 0 Å². The molecular formula is C22H29N7O4S. The number of nitrogens with one attached hydrogen (secondary N) is 3. The van der Waals surface area contributed by atoms with Gasteiger partial charge in [0.25, 0.3) is 5.91 Å². The first-order valence-corrected chi connectivity index (χ1v) is 11.9. The van der Waals surface area contributed by atoms with Crippen LogP contribution in [0.15, 0.2) is 34.9 Å². The summed E-state index contributed by atoms with van der Waals surface area (Å²) in [5, 5.41) is 26.2. The van der Waals surface area contributed by atoms with Crippen molar-refractivity contribution in [2.24, 2.45) is 0 Å². The molecule has 1 aromatic carbocycles. The van der Waals surface area contributed by atoms with Gasteiger partial charge in [0, 0.05) is 57.2 Å². The molecule has 1 atom stereocenters. The van der Waals surface area contributed by atoms with Crippen LogP contribution < -0.4 is 16.1 Å². The number of benzene rings is 1. The lowest BCUT2D eigenvalue weighted by atomic mass is 10.2. The maximum absolute atomic E-state index is 12.9. The highest BCUT2D eigenvalue weighted by Crippen LogP contribution is 2.37. The predicted molar refractivity (Wildman–Crippen MR) is 129 cm³/mol. The van der Waals surface area contributed by atoms with Crippen molar-refractivity contribution in [3.05, 3.63) is 34.9 Å². The molecule has 2 heterocycles. The normalized spacial score (nSPS) is 20.6. The van der Waals surface area contributed by atoms with Crippen LogP contribution in [0.4, 0.5) is 11.4 Å². The van der Waals surface area contributed by atoms with Crippen LogP contribution in [-0.2, 0) is 14.4 Å². The second-order valence-corrected chi connectivity index (χ2v) is 8.89. The fourth-order valence-corrected chi connectivity index (χ4v) is 4.99. The van der Waals surface area contributed by atoms with Crippen LogP contribution in [-0.4, -0.2) is 95.8 Å². The third-order valence-electron chi connectivity index (χ3n) is 5.56. The number of aliphatic hydroxyl groups excluding tert-OH is 1. The maximum atomic E-state index is 12.9. The molecule has 3 rings (SSSR count). The van der Waals surface area contributed by atoms with Crippen LogP contribution in [0.1, 0.15) is 6.92 Å². The molecule has 2 aliphatic rings. The summed E-state index contributed by atoms with van der Waals surface area (Å²) >= 11 is 1.21. The smallest absolute Gasteiger partial charge is 0.278 e. The number of rotatable bonds is 10. The summed E-state index contributed by atoms with van der Waals surface area (Å²) in [5.41, 5.74) is 4.15. The lowest BCUT2D eigenvalue weighted by Gasteiger charge is -2.34. The number of aliphatic hydroxyl groups is 1. The summed E-state index contributed by atoms with van der Waals surface area (Å²) in [4.78, 5) is 39.9. The Morgan fingerprint density at radius 1 is 1.24 bits per heavy atom. The molecule has 0 saturated carbocycles. The highest BCUT2D eigenvalue weighted by molar-refractivity contribution is 8.04. The van der Waals surface area contributed by atoms with Crippen molar-refractivity contribution in [1.29, 1.82) is 5.26 Å². The van der Waals surface area contributed by atoms with Gasteiger partial charge in [-0.2, -0.15) is 5.26 Å². The molecule has 2 fully saturated rings. The Morgan fingerprint density at radius 2 is 1.91 bits per heavy atom. The number of nitrogens with zero attached hydrogens (tertiary/aromatic N) is 4. The maximum Gasteiger partial charge on any atom is 0.278 e. The van der Waals surface area contributed by atoms with Crippen LogP contribution in [0.5, 0.6) is 0 Å². The van der Waals surface area contributed by atoms with Gasteiger partial charge in [-0.05, 0) is 31.2 Å². The van der Waals surface area contributed by atoms with Gasteiger partial charge in [0.15, 0.2) is 0 Å².